The van der Waals surface area contributed by atoms with E-state index in [1.54, 1.807) is 42.2 Å². The van der Waals surface area contributed by atoms with Crippen LogP contribution >= 0.6 is 0 Å². The number of esters is 1. The molecule has 0 aliphatic heterocycles. The van der Waals surface area contributed by atoms with Gasteiger partial charge in [0.05, 0.1) is 35.8 Å². The zero-order valence-electron chi connectivity index (χ0n) is 19.8. The van der Waals surface area contributed by atoms with Crippen molar-refractivity contribution in [3.05, 3.63) is 93.5 Å². The average Bonchev–Trinajstić information content (AvgIpc) is 3.30. The van der Waals surface area contributed by atoms with Gasteiger partial charge in [-0.25, -0.2) is 9.31 Å². The first-order valence-corrected chi connectivity index (χ1v) is 11.2. The molecule has 3 heterocycles. The number of hydrogen-bond acceptors (Lipinski definition) is 7. The topological polar surface area (TPSA) is 98.7 Å². The third-order valence-electron chi connectivity index (χ3n) is 6.06. The highest BCUT2D eigenvalue weighted by Crippen LogP contribution is 2.32. The van der Waals surface area contributed by atoms with Crippen molar-refractivity contribution < 1.29 is 13.9 Å². The summed E-state index contributed by atoms with van der Waals surface area (Å²) in [6, 6.07) is 12.5. The second kappa shape index (κ2) is 8.72. The van der Waals surface area contributed by atoms with E-state index in [2.05, 4.69) is 15.4 Å². The van der Waals surface area contributed by atoms with Crippen LogP contribution in [0.4, 0.5) is 5.69 Å². The molecule has 0 amide bonds. The molecule has 1 N–H and O–H groups in total. The molecule has 8 nitrogen and oxygen atoms in total. The Labute approximate surface area is 201 Å². The van der Waals surface area contributed by atoms with Crippen LogP contribution in [0.15, 0.2) is 70.3 Å². The maximum Gasteiger partial charge on any atom is 0.339 e. The van der Waals surface area contributed by atoms with E-state index in [4.69, 9.17) is 9.15 Å². The standard InChI is InChI=1S/C27H24N4O4/c1-15-11-20(17(3)29-22-8-6-5-7-19(22)27(33)34-4)26-21(12-15)24(32)16(2)25(35-26)23-13-18-14-28-9-10-31(18)30-23/h5-14,17,29H,1-4H3. The fourth-order valence-corrected chi connectivity index (χ4v) is 4.30. The zero-order chi connectivity index (χ0) is 24.7. The Kier molecular flexibility index (Phi) is 5.56. The lowest BCUT2D eigenvalue weighted by Crippen LogP contribution is -2.14. The molecule has 5 aromatic rings. The molecule has 0 aliphatic rings. The molecule has 0 radical (unpaired) electrons. The minimum Gasteiger partial charge on any atom is -0.465 e. The van der Waals surface area contributed by atoms with Crippen molar-refractivity contribution in [2.24, 2.45) is 0 Å². The van der Waals surface area contributed by atoms with Crippen LogP contribution in [0.1, 0.15) is 40.0 Å². The summed E-state index contributed by atoms with van der Waals surface area (Å²) in [6.45, 7) is 5.65. The van der Waals surface area contributed by atoms with Crippen LogP contribution in [0.25, 0.3) is 27.9 Å². The van der Waals surface area contributed by atoms with Gasteiger partial charge in [0, 0.05) is 29.2 Å². The summed E-state index contributed by atoms with van der Waals surface area (Å²) in [6.07, 6.45) is 5.09. The van der Waals surface area contributed by atoms with E-state index in [0.717, 1.165) is 16.6 Å². The Morgan fingerprint density at radius 3 is 2.74 bits per heavy atom. The van der Waals surface area contributed by atoms with Crippen molar-refractivity contribution in [3.63, 3.8) is 0 Å². The number of nitrogens with zero attached hydrogens (tertiary/aromatic N) is 3. The number of nitrogens with one attached hydrogen (secondary N) is 1. The zero-order valence-corrected chi connectivity index (χ0v) is 19.8. The van der Waals surface area contributed by atoms with Crippen molar-refractivity contribution in [3.8, 4) is 11.5 Å². The number of aryl methyl sites for hydroxylation is 1. The van der Waals surface area contributed by atoms with Crippen LogP contribution in [0.5, 0.6) is 0 Å². The number of ether oxygens (including phenoxy) is 1. The molecule has 0 spiro atoms. The highest BCUT2D eigenvalue weighted by molar-refractivity contribution is 5.95. The third kappa shape index (κ3) is 3.93. The molecular weight excluding hydrogens is 444 g/mol. The summed E-state index contributed by atoms with van der Waals surface area (Å²) in [5.41, 5.74) is 4.99. The van der Waals surface area contributed by atoms with E-state index >= 15 is 0 Å². The van der Waals surface area contributed by atoms with Gasteiger partial charge in [-0.1, -0.05) is 18.2 Å². The molecule has 1 atom stereocenters. The predicted octanol–water partition coefficient (Wildman–Crippen LogP) is 5.08. The summed E-state index contributed by atoms with van der Waals surface area (Å²) in [7, 11) is 1.35. The van der Waals surface area contributed by atoms with E-state index < -0.39 is 5.97 Å². The number of benzene rings is 2. The number of aromatic nitrogens is 3. The van der Waals surface area contributed by atoms with Crippen molar-refractivity contribution >= 4 is 28.1 Å². The number of carbonyl (C=O) groups excluding carboxylic acids is 1. The fourth-order valence-electron chi connectivity index (χ4n) is 4.30. The van der Waals surface area contributed by atoms with Crippen LogP contribution in [-0.2, 0) is 4.74 Å². The smallest absolute Gasteiger partial charge is 0.339 e. The summed E-state index contributed by atoms with van der Waals surface area (Å²) >= 11 is 0. The lowest BCUT2D eigenvalue weighted by Gasteiger charge is -2.20. The molecule has 35 heavy (non-hydrogen) atoms. The number of methoxy groups -OCH3 is 1. The summed E-state index contributed by atoms with van der Waals surface area (Å²) in [4.78, 5) is 29.8. The van der Waals surface area contributed by atoms with Gasteiger partial charge in [0.2, 0.25) is 0 Å². The van der Waals surface area contributed by atoms with Gasteiger partial charge in [0.15, 0.2) is 11.2 Å². The van der Waals surface area contributed by atoms with Crippen molar-refractivity contribution in [2.75, 3.05) is 12.4 Å². The van der Waals surface area contributed by atoms with Crippen molar-refractivity contribution in [1.29, 1.82) is 0 Å². The van der Waals surface area contributed by atoms with Gasteiger partial charge in [0.25, 0.3) is 0 Å². The lowest BCUT2D eigenvalue weighted by molar-refractivity contribution is 0.0602. The monoisotopic (exact) mass is 468 g/mol. The number of carbonyl (C=O) groups is 1. The molecule has 0 saturated heterocycles. The molecule has 5 rings (SSSR count). The normalized spacial score (nSPS) is 12.1. The predicted molar refractivity (Wildman–Crippen MR) is 134 cm³/mol. The SMILES string of the molecule is COC(=O)c1ccccc1NC(C)c1cc(C)cc2c(=O)c(C)c(-c3cc4cnccn4n3)oc12. The van der Waals surface area contributed by atoms with Crippen molar-refractivity contribution in [1.82, 2.24) is 14.6 Å². The number of fused-ring (bicyclic) bond motifs is 2. The van der Waals surface area contributed by atoms with Crippen LogP contribution in [0, 0.1) is 13.8 Å². The first-order valence-electron chi connectivity index (χ1n) is 11.2. The Morgan fingerprint density at radius 2 is 1.97 bits per heavy atom. The minimum absolute atomic E-state index is 0.108. The fraction of sp³-hybridized carbons (Fsp3) is 0.185. The van der Waals surface area contributed by atoms with Gasteiger partial charge < -0.3 is 14.5 Å². The second-order valence-corrected chi connectivity index (χ2v) is 8.49. The van der Waals surface area contributed by atoms with Gasteiger partial charge in [0.1, 0.15) is 11.3 Å². The Morgan fingerprint density at radius 1 is 1.17 bits per heavy atom. The molecular formula is C27H24N4O4. The molecule has 1 unspecified atom stereocenters. The van der Waals surface area contributed by atoms with Gasteiger partial charge in [-0.05, 0) is 50.6 Å². The average molecular weight is 469 g/mol. The number of rotatable bonds is 5. The van der Waals surface area contributed by atoms with Crippen molar-refractivity contribution in [2.45, 2.75) is 26.8 Å². The minimum atomic E-state index is -0.430. The number of para-hydroxylation sites is 1. The maximum atomic E-state index is 13.4. The van der Waals surface area contributed by atoms with E-state index in [-0.39, 0.29) is 11.5 Å². The molecule has 8 heteroatoms. The van der Waals surface area contributed by atoms with Gasteiger partial charge >= 0.3 is 5.97 Å². The molecule has 3 aromatic heterocycles. The van der Waals surface area contributed by atoms with Gasteiger partial charge in [-0.3, -0.25) is 9.78 Å². The van der Waals surface area contributed by atoms with E-state index in [1.165, 1.54) is 7.11 Å². The summed E-state index contributed by atoms with van der Waals surface area (Å²) in [5, 5.41) is 8.46. The highest BCUT2D eigenvalue weighted by atomic mass is 16.5. The Balaban J connectivity index is 1.66. The van der Waals surface area contributed by atoms with Crippen LogP contribution in [0.2, 0.25) is 0 Å². The first-order chi connectivity index (χ1) is 16.9. The van der Waals surface area contributed by atoms with Gasteiger partial charge in [-0.2, -0.15) is 5.10 Å². The largest absolute Gasteiger partial charge is 0.465 e. The molecule has 0 fully saturated rings. The number of hydrogen-bond donors (Lipinski definition) is 1. The summed E-state index contributed by atoms with van der Waals surface area (Å²) in [5.74, 6) is -0.0151. The molecule has 0 aliphatic carbocycles. The highest BCUT2D eigenvalue weighted by Gasteiger charge is 2.21. The van der Waals surface area contributed by atoms with E-state index in [0.29, 0.717) is 39.2 Å². The number of anilines is 1. The Bertz CT molecular complexity index is 1620. The van der Waals surface area contributed by atoms with Crippen LogP contribution < -0.4 is 10.7 Å². The van der Waals surface area contributed by atoms with E-state index in [1.807, 2.05) is 44.2 Å². The van der Waals surface area contributed by atoms with Crippen LogP contribution in [-0.4, -0.2) is 27.7 Å². The van der Waals surface area contributed by atoms with Gasteiger partial charge in [-0.15, -0.1) is 0 Å². The Hall–Kier alpha value is -4.46. The quantitative estimate of drug-likeness (QED) is 0.359. The molecule has 2 aromatic carbocycles. The molecule has 0 bridgehead atoms. The second-order valence-electron chi connectivity index (χ2n) is 8.49. The molecule has 176 valence electrons. The maximum absolute atomic E-state index is 13.4. The van der Waals surface area contributed by atoms with Crippen LogP contribution in [0.3, 0.4) is 0 Å². The third-order valence-corrected chi connectivity index (χ3v) is 6.06. The lowest BCUT2D eigenvalue weighted by atomic mass is 9.99. The van der Waals surface area contributed by atoms with E-state index in [9.17, 15) is 9.59 Å². The molecule has 0 saturated carbocycles. The summed E-state index contributed by atoms with van der Waals surface area (Å²) < 4.78 is 13.0. The first kappa shape index (κ1) is 22.3.